The summed E-state index contributed by atoms with van der Waals surface area (Å²) in [4.78, 5) is 3.92. The minimum atomic E-state index is -4.56. The Morgan fingerprint density at radius 2 is 2.00 bits per heavy atom. The van der Waals surface area contributed by atoms with Crippen LogP contribution in [0.5, 0.6) is 0 Å². The van der Waals surface area contributed by atoms with E-state index in [0.717, 1.165) is 18.2 Å². The van der Waals surface area contributed by atoms with Gasteiger partial charge in [-0.3, -0.25) is 0 Å². The molecule has 1 aromatic rings. The summed E-state index contributed by atoms with van der Waals surface area (Å²) in [5.41, 5.74) is -0.958. The third-order valence-electron chi connectivity index (χ3n) is 3.26. The van der Waals surface area contributed by atoms with Crippen molar-refractivity contribution in [3.05, 3.63) is 35.4 Å². The molecule has 23 heavy (non-hydrogen) atoms. The number of hydrogen-bond acceptors (Lipinski definition) is 4. The van der Waals surface area contributed by atoms with Crippen LogP contribution in [0.1, 0.15) is 24.0 Å². The van der Waals surface area contributed by atoms with E-state index in [-0.39, 0.29) is 17.9 Å². The Bertz CT molecular complexity index is 576. The van der Waals surface area contributed by atoms with Crippen molar-refractivity contribution in [2.75, 3.05) is 0 Å². The highest BCUT2D eigenvalue weighted by Gasteiger charge is 2.32. The number of aliphatic hydroxyl groups excluding tert-OH is 2. The van der Waals surface area contributed by atoms with Crippen LogP contribution in [0.3, 0.4) is 0 Å². The summed E-state index contributed by atoms with van der Waals surface area (Å²) < 4.78 is 67.8. The molecule has 0 radical (unpaired) electrons. The standard InChI is InChI=1S/C14H14F5NO3/c15-12(16)10(21)5-9-6-11(22)23-13(20-9)7-2-1-3-8(4-7)14(17,18)19/h1-4,9-12,21-22H,5-6H2. The van der Waals surface area contributed by atoms with Crippen molar-refractivity contribution in [1.29, 1.82) is 0 Å². The summed E-state index contributed by atoms with van der Waals surface area (Å²) in [6, 6.07) is 3.21. The second kappa shape index (κ2) is 6.79. The van der Waals surface area contributed by atoms with E-state index >= 15 is 0 Å². The van der Waals surface area contributed by atoms with Crippen molar-refractivity contribution < 1.29 is 36.9 Å². The third kappa shape index (κ3) is 4.61. The molecule has 1 aromatic carbocycles. The van der Waals surface area contributed by atoms with Crippen molar-refractivity contribution in [1.82, 2.24) is 0 Å². The molecule has 0 saturated carbocycles. The predicted octanol–water partition coefficient (Wildman–Crippen LogP) is 2.58. The van der Waals surface area contributed by atoms with Gasteiger partial charge < -0.3 is 14.9 Å². The average Bonchev–Trinajstić information content (AvgIpc) is 2.45. The minimum absolute atomic E-state index is 0.0323. The van der Waals surface area contributed by atoms with Crippen molar-refractivity contribution >= 4 is 5.90 Å². The second-order valence-electron chi connectivity index (χ2n) is 5.11. The van der Waals surface area contributed by atoms with Gasteiger partial charge in [-0.2, -0.15) is 13.2 Å². The Hall–Kier alpha value is -1.74. The van der Waals surface area contributed by atoms with Gasteiger partial charge in [-0.25, -0.2) is 13.8 Å². The molecule has 2 rings (SSSR count). The normalized spacial score (nSPS) is 23.4. The largest absolute Gasteiger partial charge is 0.448 e. The fourth-order valence-corrected chi connectivity index (χ4v) is 2.16. The molecule has 3 unspecified atom stereocenters. The van der Waals surface area contributed by atoms with Crippen LogP contribution in [0.25, 0.3) is 0 Å². The molecule has 1 heterocycles. The van der Waals surface area contributed by atoms with E-state index in [1.807, 2.05) is 0 Å². The van der Waals surface area contributed by atoms with Gasteiger partial charge in [0.05, 0.1) is 11.6 Å². The number of benzene rings is 1. The zero-order valence-electron chi connectivity index (χ0n) is 11.7. The molecule has 0 fully saturated rings. The molecule has 0 spiro atoms. The molecule has 4 nitrogen and oxygen atoms in total. The van der Waals surface area contributed by atoms with Crippen LogP contribution in [-0.2, 0) is 10.9 Å². The molecule has 0 aliphatic carbocycles. The Morgan fingerprint density at radius 3 is 2.61 bits per heavy atom. The highest BCUT2D eigenvalue weighted by atomic mass is 19.4. The summed E-state index contributed by atoms with van der Waals surface area (Å²) in [7, 11) is 0. The van der Waals surface area contributed by atoms with Crippen LogP contribution in [0.15, 0.2) is 29.3 Å². The number of ether oxygens (including phenoxy) is 1. The van der Waals surface area contributed by atoms with E-state index in [0.29, 0.717) is 0 Å². The first-order valence-corrected chi connectivity index (χ1v) is 6.73. The van der Waals surface area contributed by atoms with E-state index in [1.165, 1.54) is 6.07 Å². The van der Waals surface area contributed by atoms with Gasteiger partial charge in [0.15, 0.2) is 0 Å². The molecule has 2 N–H and O–H groups in total. The maximum absolute atomic E-state index is 12.7. The number of hydrogen-bond donors (Lipinski definition) is 2. The van der Waals surface area contributed by atoms with E-state index in [2.05, 4.69) is 4.99 Å². The number of rotatable bonds is 4. The Balaban J connectivity index is 2.25. The number of nitrogens with zero attached hydrogens (tertiary/aromatic N) is 1. The molecule has 0 saturated heterocycles. The number of alkyl halides is 5. The minimum Gasteiger partial charge on any atom is -0.448 e. The van der Waals surface area contributed by atoms with Crippen LogP contribution in [0.4, 0.5) is 22.0 Å². The number of aliphatic hydroxyl groups is 2. The predicted molar refractivity (Wildman–Crippen MR) is 70.1 cm³/mol. The van der Waals surface area contributed by atoms with Crippen molar-refractivity contribution in [2.24, 2.45) is 4.99 Å². The zero-order valence-corrected chi connectivity index (χ0v) is 11.7. The van der Waals surface area contributed by atoms with Gasteiger partial charge in [0.1, 0.15) is 6.10 Å². The van der Waals surface area contributed by atoms with Crippen LogP contribution in [0.2, 0.25) is 0 Å². The lowest BCUT2D eigenvalue weighted by atomic mass is 10.0. The number of halogens is 5. The van der Waals surface area contributed by atoms with Crippen molar-refractivity contribution in [3.63, 3.8) is 0 Å². The van der Waals surface area contributed by atoms with Crippen LogP contribution >= 0.6 is 0 Å². The maximum Gasteiger partial charge on any atom is 0.416 e. The summed E-state index contributed by atoms with van der Waals surface area (Å²) in [5.74, 6) is -0.277. The molecular weight excluding hydrogens is 325 g/mol. The lowest BCUT2D eigenvalue weighted by Crippen LogP contribution is -2.33. The number of aliphatic imine (C=N–C) groups is 1. The monoisotopic (exact) mass is 339 g/mol. The third-order valence-corrected chi connectivity index (χ3v) is 3.26. The zero-order chi connectivity index (χ0) is 17.2. The van der Waals surface area contributed by atoms with Gasteiger partial charge in [0.2, 0.25) is 12.2 Å². The summed E-state index contributed by atoms with van der Waals surface area (Å²) in [5, 5.41) is 18.8. The van der Waals surface area contributed by atoms with E-state index < -0.39 is 43.0 Å². The lowest BCUT2D eigenvalue weighted by molar-refractivity contribution is -0.137. The fourth-order valence-electron chi connectivity index (χ4n) is 2.16. The van der Waals surface area contributed by atoms with Crippen LogP contribution < -0.4 is 0 Å². The SMILES string of the molecule is OC1CC(CC(O)C(F)F)N=C(c2cccc(C(F)(F)F)c2)O1. The Morgan fingerprint density at radius 1 is 1.30 bits per heavy atom. The maximum atomic E-state index is 12.7. The Kier molecular flexibility index (Phi) is 5.20. The first-order valence-electron chi connectivity index (χ1n) is 6.73. The molecule has 9 heteroatoms. The topological polar surface area (TPSA) is 62.0 Å². The molecule has 128 valence electrons. The van der Waals surface area contributed by atoms with Gasteiger partial charge in [0, 0.05) is 18.4 Å². The molecular formula is C14H14F5NO3. The summed E-state index contributed by atoms with van der Waals surface area (Å²) in [6.45, 7) is 0. The van der Waals surface area contributed by atoms with Gasteiger partial charge >= 0.3 is 6.18 Å². The fraction of sp³-hybridized carbons (Fsp3) is 0.500. The van der Waals surface area contributed by atoms with E-state index in [4.69, 9.17) is 4.74 Å². The summed E-state index contributed by atoms with van der Waals surface area (Å²) >= 11 is 0. The molecule has 0 aromatic heterocycles. The first kappa shape index (κ1) is 17.6. The molecule has 0 amide bonds. The molecule has 1 aliphatic rings. The van der Waals surface area contributed by atoms with Crippen molar-refractivity contribution in [2.45, 2.75) is 43.9 Å². The van der Waals surface area contributed by atoms with E-state index in [9.17, 15) is 32.2 Å². The van der Waals surface area contributed by atoms with E-state index in [1.54, 1.807) is 0 Å². The summed E-state index contributed by atoms with van der Waals surface area (Å²) in [6.07, 6.45) is -11.4. The Labute approximate surface area is 128 Å². The first-order chi connectivity index (χ1) is 10.7. The lowest BCUT2D eigenvalue weighted by Gasteiger charge is -2.27. The molecule has 3 atom stereocenters. The highest BCUT2D eigenvalue weighted by Crippen LogP contribution is 2.30. The van der Waals surface area contributed by atoms with Gasteiger partial charge in [-0.1, -0.05) is 6.07 Å². The average molecular weight is 339 g/mol. The smallest absolute Gasteiger partial charge is 0.416 e. The van der Waals surface area contributed by atoms with Gasteiger partial charge in [-0.05, 0) is 18.2 Å². The second-order valence-corrected chi connectivity index (χ2v) is 5.11. The quantitative estimate of drug-likeness (QED) is 0.829. The van der Waals surface area contributed by atoms with Gasteiger partial charge in [-0.15, -0.1) is 0 Å². The van der Waals surface area contributed by atoms with Crippen LogP contribution in [0, 0.1) is 0 Å². The van der Waals surface area contributed by atoms with Crippen molar-refractivity contribution in [3.8, 4) is 0 Å². The van der Waals surface area contributed by atoms with Crippen LogP contribution in [-0.4, -0.2) is 41.0 Å². The molecule has 0 bridgehead atoms. The van der Waals surface area contributed by atoms with Gasteiger partial charge in [0.25, 0.3) is 6.43 Å². The molecule has 1 aliphatic heterocycles. The highest BCUT2D eigenvalue weighted by molar-refractivity contribution is 5.94.